The van der Waals surface area contributed by atoms with E-state index in [1.54, 1.807) is 7.11 Å². The Morgan fingerprint density at radius 3 is 2.67 bits per heavy atom. The molecule has 0 radical (unpaired) electrons. The van der Waals surface area contributed by atoms with Crippen LogP contribution in [0.2, 0.25) is 5.02 Å². The van der Waals surface area contributed by atoms with Gasteiger partial charge in [-0.25, -0.2) is 0 Å². The molecular weight excluding hydrogens is 282 g/mol. The third kappa shape index (κ3) is 2.92. The minimum atomic E-state index is -0.197. The van der Waals surface area contributed by atoms with Crippen LogP contribution in [-0.2, 0) is 0 Å². The van der Waals surface area contributed by atoms with Crippen LogP contribution in [0.25, 0.3) is 0 Å². The summed E-state index contributed by atoms with van der Waals surface area (Å²) in [6.07, 6.45) is 3.93. The Hall–Kier alpha value is -1.51. The molecule has 2 aromatic carbocycles. The molecule has 1 fully saturated rings. The van der Waals surface area contributed by atoms with E-state index in [2.05, 4.69) is 24.3 Å². The van der Waals surface area contributed by atoms with E-state index in [1.165, 1.54) is 24.8 Å². The van der Waals surface area contributed by atoms with Crippen molar-refractivity contribution in [1.29, 1.82) is 0 Å². The molecule has 21 heavy (non-hydrogen) atoms. The second-order valence-corrected chi connectivity index (χ2v) is 6.10. The zero-order chi connectivity index (χ0) is 14.8. The third-order valence-electron chi connectivity index (χ3n) is 4.38. The molecule has 110 valence electrons. The summed E-state index contributed by atoms with van der Waals surface area (Å²) in [4.78, 5) is 0. The molecule has 0 aromatic heterocycles. The molecule has 2 nitrogen and oxygen atoms in total. The molecular formula is C18H20ClNO. The number of benzene rings is 2. The fraction of sp³-hybridized carbons (Fsp3) is 0.333. The first kappa shape index (κ1) is 14.4. The standard InChI is InChI=1S/C18H20ClNO/c1-21-17-11-15(19)8-9-16(17)18(20)14-7-3-6-13(10-14)12-4-2-5-12/h3,6-12,18H,2,4-5,20H2,1H3. The van der Waals surface area contributed by atoms with Gasteiger partial charge in [-0.3, -0.25) is 0 Å². The Morgan fingerprint density at radius 2 is 2.00 bits per heavy atom. The first-order chi connectivity index (χ1) is 10.2. The smallest absolute Gasteiger partial charge is 0.125 e. The van der Waals surface area contributed by atoms with Gasteiger partial charge >= 0.3 is 0 Å². The molecule has 3 rings (SSSR count). The van der Waals surface area contributed by atoms with Crippen LogP contribution in [0.1, 0.15) is 47.9 Å². The van der Waals surface area contributed by atoms with Gasteiger partial charge in [0.2, 0.25) is 0 Å². The number of methoxy groups -OCH3 is 1. The van der Waals surface area contributed by atoms with Crippen molar-refractivity contribution < 1.29 is 4.74 Å². The van der Waals surface area contributed by atoms with E-state index >= 15 is 0 Å². The monoisotopic (exact) mass is 301 g/mol. The van der Waals surface area contributed by atoms with Crippen LogP contribution < -0.4 is 10.5 Å². The number of ether oxygens (including phenoxy) is 1. The van der Waals surface area contributed by atoms with Crippen molar-refractivity contribution >= 4 is 11.6 Å². The second-order valence-electron chi connectivity index (χ2n) is 5.66. The van der Waals surface area contributed by atoms with Crippen LogP contribution in [0.15, 0.2) is 42.5 Å². The molecule has 0 bridgehead atoms. The van der Waals surface area contributed by atoms with Crippen molar-refractivity contribution in [2.75, 3.05) is 7.11 Å². The second kappa shape index (κ2) is 6.08. The number of hydrogen-bond acceptors (Lipinski definition) is 2. The highest BCUT2D eigenvalue weighted by Gasteiger charge is 2.21. The normalized spacial score (nSPS) is 16.3. The predicted octanol–water partition coefficient (Wildman–Crippen LogP) is 4.66. The summed E-state index contributed by atoms with van der Waals surface area (Å²) < 4.78 is 5.41. The van der Waals surface area contributed by atoms with Gasteiger partial charge in [0, 0.05) is 10.6 Å². The van der Waals surface area contributed by atoms with E-state index in [-0.39, 0.29) is 6.04 Å². The molecule has 2 N–H and O–H groups in total. The topological polar surface area (TPSA) is 35.2 Å². The van der Waals surface area contributed by atoms with E-state index in [4.69, 9.17) is 22.1 Å². The summed E-state index contributed by atoms with van der Waals surface area (Å²) in [5.74, 6) is 1.45. The van der Waals surface area contributed by atoms with E-state index in [1.807, 2.05) is 18.2 Å². The van der Waals surface area contributed by atoms with Gasteiger partial charge in [0.05, 0.1) is 13.2 Å². The summed E-state index contributed by atoms with van der Waals surface area (Å²) in [6, 6.07) is 14.1. The Morgan fingerprint density at radius 1 is 1.19 bits per heavy atom. The molecule has 1 unspecified atom stereocenters. The molecule has 1 atom stereocenters. The SMILES string of the molecule is COc1cc(Cl)ccc1C(N)c1cccc(C2CCC2)c1. The summed E-state index contributed by atoms with van der Waals surface area (Å²) in [5.41, 5.74) is 9.94. The van der Waals surface area contributed by atoms with Crippen molar-refractivity contribution in [3.63, 3.8) is 0 Å². The lowest BCUT2D eigenvalue weighted by atomic mass is 9.79. The van der Waals surface area contributed by atoms with Crippen molar-refractivity contribution in [2.45, 2.75) is 31.2 Å². The molecule has 3 heteroatoms. The fourth-order valence-electron chi connectivity index (χ4n) is 2.87. The van der Waals surface area contributed by atoms with Gasteiger partial charge in [0.25, 0.3) is 0 Å². The van der Waals surface area contributed by atoms with E-state index in [0.29, 0.717) is 10.9 Å². The molecule has 1 saturated carbocycles. The minimum Gasteiger partial charge on any atom is -0.496 e. The van der Waals surface area contributed by atoms with Gasteiger partial charge in [-0.05, 0) is 42.0 Å². The molecule has 0 saturated heterocycles. The highest BCUT2D eigenvalue weighted by atomic mass is 35.5. The maximum Gasteiger partial charge on any atom is 0.125 e. The summed E-state index contributed by atoms with van der Waals surface area (Å²) in [7, 11) is 1.65. The Labute approximate surface area is 130 Å². The van der Waals surface area contributed by atoms with Crippen LogP contribution in [0.4, 0.5) is 0 Å². The number of nitrogens with two attached hydrogens (primary N) is 1. The third-order valence-corrected chi connectivity index (χ3v) is 4.61. The zero-order valence-corrected chi connectivity index (χ0v) is 12.9. The first-order valence-corrected chi connectivity index (χ1v) is 7.75. The van der Waals surface area contributed by atoms with Gasteiger partial charge in [-0.2, -0.15) is 0 Å². The Kier molecular flexibility index (Phi) is 4.18. The van der Waals surface area contributed by atoms with Crippen LogP contribution in [0.3, 0.4) is 0 Å². The maximum absolute atomic E-state index is 6.45. The average Bonchev–Trinajstić information content (AvgIpc) is 2.45. The fourth-order valence-corrected chi connectivity index (χ4v) is 3.03. The molecule has 1 aliphatic carbocycles. The summed E-state index contributed by atoms with van der Waals surface area (Å²) >= 11 is 6.02. The van der Waals surface area contributed by atoms with Crippen molar-refractivity contribution in [3.05, 3.63) is 64.2 Å². The molecule has 0 aliphatic heterocycles. The van der Waals surface area contributed by atoms with Gasteiger partial charge in [0.1, 0.15) is 5.75 Å². The van der Waals surface area contributed by atoms with Crippen molar-refractivity contribution in [2.24, 2.45) is 5.73 Å². The quantitative estimate of drug-likeness (QED) is 0.891. The van der Waals surface area contributed by atoms with E-state index in [9.17, 15) is 0 Å². The van der Waals surface area contributed by atoms with Crippen LogP contribution in [0.5, 0.6) is 5.75 Å². The first-order valence-electron chi connectivity index (χ1n) is 7.38. The lowest BCUT2D eigenvalue weighted by Crippen LogP contribution is -2.15. The molecule has 0 heterocycles. The van der Waals surface area contributed by atoms with Crippen LogP contribution in [0, 0.1) is 0 Å². The Balaban J connectivity index is 1.92. The van der Waals surface area contributed by atoms with Crippen molar-refractivity contribution in [1.82, 2.24) is 0 Å². The van der Waals surface area contributed by atoms with Crippen molar-refractivity contribution in [3.8, 4) is 5.75 Å². The van der Waals surface area contributed by atoms with E-state index in [0.717, 1.165) is 16.9 Å². The lowest BCUT2D eigenvalue weighted by Gasteiger charge is -2.27. The zero-order valence-electron chi connectivity index (χ0n) is 12.2. The van der Waals surface area contributed by atoms with Gasteiger partial charge < -0.3 is 10.5 Å². The number of halogens is 1. The average molecular weight is 302 g/mol. The molecule has 0 spiro atoms. The van der Waals surface area contributed by atoms with E-state index < -0.39 is 0 Å². The largest absolute Gasteiger partial charge is 0.496 e. The number of rotatable bonds is 4. The minimum absolute atomic E-state index is 0.197. The molecule has 0 amide bonds. The van der Waals surface area contributed by atoms with Gasteiger partial charge in [-0.1, -0.05) is 48.4 Å². The summed E-state index contributed by atoms with van der Waals surface area (Å²) in [5, 5.41) is 0.658. The molecule has 2 aromatic rings. The lowest BCUT2D eigenvalue weighted by molar-refractivity contribution is 0.407. The van der Waals surface area contributed by atoms with Gasteiger partial charge in [0.15, 0.2) is 0 Å². The molecule has 1 aliphatic rings. The maximum atomic E-state index is 6.45. The highest BCUT2D eigenvalue weighted by molar-refractivity contribution is 6.30. The summed E-state index contributed by atoms with van der Waals surface area (Å²) in [6.45, 7) is 0. The van der Waals surface area contributed by atoms with Gasteiger partial charge in [-0.15, -0.1) is 0 Å². The van der Waals surface area contributed by atoms with Crippen LogP contribution in [-0.4, -0.2) is 7.11 Å². The highest BCUT2D eigenvalue weighted by Crippen LogP contribution is 2.38. The Bertz CT molecular complexity index is 637. The predicted molar refractivity (Wildman–Crippen MR) is 87.1 cm³/mol. The number of hydrogen-bond donors (Lipinski definition) is 1. The van der Waals surface area contributed by atoms with Crippen LogP contribution >= 0.6 is 11.6 Å².